The fourth-order valence-electron chi connectivity index (χ4n) is 2.22. The van der Waals surface area contributed by atoms with Gasteiger partial charge in [-0.3, -0.25) is 4.79 Å². The maximum Gasteiger partial charge on any atom is 0.269 e. The molecule has 0 saturated heterocycles. The fourth-order valence-corrected chi connectivity index (χ4v) is 4.76. The molecule has 0 aliphatic carbocycles. The Bertz CT molecular complexity index is 773. The summed E-state index contributed by atoms with van der Waals surface area (Å²) in [6, 6.07) is 16.0. The summed E-state index contributed by atoms with van der Waals surface area (Å²) in [7, 11) is -3.68. The van der Waals surface area contributed by atoms with Crippen LogP contribution in [0.4, 0.5) is 0 Å². The molecule has 0 saturated carbocycles. The number of benzene rings is 2. The molecular formula is C15H13NO3S2. The first-order valence-electron chi connectivity index (χ1n) is 6.44. The summed E-state index contributed by atoms with van der Waals surface area (Å²) in [5, 5.41) is 0. The lowest BCUT2D eigenvalue weighted by molar-refractivity contribution is 0.0876. The third-order valence-electron chi connectivity index (χ3n) is 3.22. The monoisotopic (exact) mass is 319 g/mol. The van der Waals surface area contributed by atoms with Crippen molar-refractivity contribution >= 4 is 27.7 Å². The maximum atomic E-state index is 12.3. The van der Waals surface area contributed by atoms with Crippen LogP contribution in [0.2, 0.25) is 0 Å². The molecule has 108 valence electrons. The van der Waals surface area contributed by atoms with Crippen LogP contribution < -0.4 is 0 Å². The average molecular weight is 319 g/mol. The minimum atomic E-state index is -3.68. The van der Waals surface area contributed by atoms with E-state index in [0.29, 0.717) is 5.75 Å². The van der Waals surface area contributed by atoms with E-state index in [9.17, 15) is 13.2 Å². The van der Waals surface area contributed by atoms with Gasteiger partial charge in [-0.25, -0.2) is 12.7 Å². The van der Waals surface area contributed by atoms with E-state index in [1.54, 1.807) is 18.2 Å². The zero-order valence-electron chi connectivity index (χ0n) is 11.1. The Balaban J connectivity index is 1.74. The van der Waals surface area contributed by atoms with Crippen molar-refractivity contribution in [1.82, 2.24) is 4.31 Å². The van der Waals surface area contributed by atoms with Crippen LogP contribution in [0, 0.1) is 0 Å². The van der Waals surface area contributed by atoms with Gasteiger partial charge in [-0.1, -0.05) is 30.3 Å². The normalized spacial score (nSPS) is 16.0. The Hall–Kier alpha value is -1.79. The number of rotatable bonds is 4. The molecule has 0 atom stereocenters. The number of hydrogen-bond acceptors (Lipinski definition) is 4. The zero-order chi connectivity index (χ0) is 14.9. The van der Waals surface area contributed by atoms with Crippen LogP contribution in [0.15, 0.2) is 64.4 Å². The predicted octanol–water partition coefficient (Wildman–Crippen LogP) is 2.62. The number of nitrogens with zero attached hydrogens (tertiary/aromatic N) is 1. The molecule has 1 heterocycles. The van der Waals surface area contributed by atoms with Gasteiger partial charge in [0.2, 0.25) is 0 Å². The van der Waals surface area contributed by atoms with Crippen LogP contribution >= 0.6 is 11.8 Å². The SMILES string of the molecule is O=C1c2ccccc2S(=O)(=O)N1CCSc1ccccc1. The van der Waals surface area contributed by atoms with Gasteiger partial charge in [0.15, 0.2) is 0 Å². The largest absolute Gasteiger partial charge is 0.269 e. The van der Waals surface area contributed by atoms with Crippen LogP contribution in [0.1, 0.15) is 10.4 Å². The Morgan fingerprint density at radius 1 is 0.952 bits per heavy atom. The molecule has 1 aliphatic rings. The summed E-state index contributed by atoms with van der Waals surface area (Å²) in [5.41, 5.74) is 0.266. The van der Waals surface area contributed by atoms with Crippen LogP contribution in [0.25, 0.3) is 0 Å². The van der Waals surface area contributed by atoms with Gasteiger partial charge in [0.1, 0.15) is 4.90 Å². The van der Waals surface area contributed by atoms with Crippen molar-refractivity contribution in [1.29, 1.82) is 0 Å². The number of carbonyl (C=O) groups excluding carboxylic acids is 1. The standard InChI is InChI=1S/C15H13NO3S2/c17-15-13-8-4-5-9-14(13)21(18,19)16(15)10-11-20-12-6-2-1-3-7-12/h1-9H,10-11H2. The first-order valence-corrected chi connectivity index (χ1v) is 8.87. The molecule has 1 amide bonds. The third-order valence-corrected chi connectivity index (χ3v) is 6.05. The quantitative estimate of drug-likeness (QED) is 0.813. The van der Waals surface area contributed by atoms with Gasteiger partial charge in [0.05, 0.1) is 5.56 Å². The highest BCUT2D eigenvalue weighted by Crippen LogP contribution is 2.30. The van der Waals surface area contributed by atoms with Crippen molar-refractivity contribution in [3.05, 3.63) is 60.2 Å². The second-order valence-corrected chi connectivity index (χ2v) is 7.54. The third kappa shape index (κ3) is 2.56. The molecule has 21 heavy (non-hydrogen) atoms. The molecule has 0 N–H and O–H groups in total. The van der Waals surface area contributed by atoms with Crippen molar-refractivity contribution in [2.75, 3.05) is 12.3 Å². The van der Waals surface area contributed by atoms with Crippen LogP contribution in [-0.2, 0) is 10.0 Å². The number of thioether (sulfide) groups is 1. The van der Waals surface area contributed by atoms with E-state index in [1.165, 1.54) is 17.8 Å². The number of amides is 1. The highest BCUT2D eigenvalue weighted by atomic mass is 32.2. The molecule has 0 spiro atoms. The van der Waals surface area contributed by atoms with Crippen molar-refractivity contribution in [2.45, 2.75) is 9.79 Å². The highest BCUT2D eigenvalue weighted by molar-refractivity contribution is 7.99. The van der Waals surface area contributed by atoms with Gasteiger partial charge in [-0.15, -0.1) is 11.8 Å². The summed E-state index contributed by atoms with van der Waals surface area (Å²) >= 11 is 1.53. The fraction of sp³-hybridized carbons (Fsp3) is 0.133. The second-order valence-electron chi connectivity index (χ2n) is 4.54. The summed E-state index contributed by atoms with van der Waals surface area (Å²) in [6.45, 7) is 0.176. The van der Waals surface area contributed by atoms with E-state index in [0.717, 1.165) is 9.20 Å². The summed E-state index contributed by atoms with van der Waals surface area (Å²) in [4.78, 5) is 13.4. The van der Waals surface area contributed by atoms with Crippen molar-refractivity contribution in [3.8, 4) is 0 Å². The lowest BCUT2D eigenvalue weighted by Crippen LogP contribution is -2.32. The Morgan fingerprint density at radius 3 is 2.33 bits per heavy atom. The molecule has 6 heteroatoms. The average Bonchev–Trinajstić information content (AvgIpc) is 2.70. The van der Waals surface area contributed by atoms with Crippen molar-refractivity contribution in [3.63, 3.8) is 0 Å². The van der Waals surface area contributed by atoms with Gasteiger partial charge in [-0.05, 0) is 24.3 Å². The minimum absolute atomic E-state index is 0.111. The topological polar surface area (TPSA) is 54.5 Å². The van der Waals surface area contributed by atoms with E-state index in [4.69, 9.17) is 0 Å². The van der Waals surface area contributed by atoms with E-state index in [1.807, 2.05) is 30.3 Å². The summed E-state index contributed by atoms with van der Waals surface area (Å²) in [6.07, 6.45) is 0. The van der Waals surface area contributed by atoms with Crippen LogP contribution in [-0.4, -0.2) is 30.9 Å². The second kappa shape index (κ2) is 5.54. The van der Waals surface area contributed by atoms with Crippen LogP contribution in [0.5, 0.6) is 0 Å². The number of fused-ring (bicyclic) bond motifs is 1. The Kier molecular flexibility index (Phi) is 3.73. The molecule has 0 bridgehead atoms. The highest BCUT2D eigenvalue weighted by Gasteiger charge is 2.40. The maximum absolute atomic E-state index is 12.3. The van der Waals surface area contributed by atoms with Gasteiger partial charge in [0, 0.05) is 17.2 Å². The van der Waals surface area contributed by atoms with E-state index in [2.05, 4.69) is 0 Å². The molecule has 0 radical (unpaired) electrons. The predicted molar refractivity (Wildman–Crippen MR) is 81.8 cm³/mol. The number of carbonyl (C=O) groups is 1. The van der Waals surface area contributed by atoms with E-state index >= 15 is 0 Å². The van der Waals surface area contributed by atoms with Gasteiger partial charge < -0.3 is 0 Å². The first-order chi connectivity index (χ1) is 10.1. The van der Waals surface area contributed by atoms with Crippen LogP contribution in [0.3, 0.4) is 0 Å². The van der Waals surface area contributed by atoms with Gasteiger partial charge in [-0.2, -0.15) is 0 Å². The smallest absolute Gasteiger partial charge is 0.268 e. The molecule has 2 aromatic rings. The summed E-state index contributed by atoms with van der Waals surface area (Å²) < 4.78 is 25.6. The van der Waals surface area contributed by atoms with E-state index in [-0.39, 0.29) is 17.0 Å². The molecule has 0 fully saturated rings. The Morgan fingerprint density at radius 2 is 1.62 bits per heavy atom. The van der Waals surface area contributed by atoms with Gasteiger partial charge in [0.25, 0.3) is 15.9 Å². The lowest BCUT2D eigenvalue weighted by atomic mass is 10.2. The van der Waals surface area contributed by atoms with Crippen molar-refractivity contribution in [2.24, 2.45) is 0 Å². The van der Waals surface area contributed by atoms with E-state index < -0.39 is 15.9 Å². The summed E-state index contributed by atoms with van der Waals surface area (Å²) in [5.74, 6) is 0.0995. The molecule has 0 unspecified atom stereocenters. The molecule has 0 aromatic heterocycles. The van der Waals surface area contributed by atoms with Gasteiger partial charge >= 0.3 is 0 Å². The Labute approximate surface area is 127 Å². The molecular weight excluding hydrogens is 306 g/mol. The van der Waals surface area contributed by atoms with Crippen molar-refractivity contribution < 1.29 is 13.2 Å². The first kappa shape index (κ1) is 14.2. The molecule has 3 rings (SSSR count). The minimum Gasteiger partial charge on any atom is -0.268 e. The lowest BCUT2D eigenvalue weighted by Gasteiger charge is -2.14. The molecule has 4 nitrogen and oxygen atoms in total. The number of sulfonamides is 1. The zero-order valence-corrected chi connectivity index (χ0v) is 12.7. The molecule has 2 aromatic carbocycles. The number of hydrogen-bond donors (Lipinski definition) is 0. The molecule has 1 aliphatic heterocycles.